The number of benzene rings is 2. The molecule has 2 atom stereocenters. The van der Waals surface area contributed by atoms with Crippen LogP contribution in [0.15, 0.2) is 48.7 Å². The van der Waals surface area contributed by atoms with Gasteiger partial charge in [-0.1, -0.05) is 35.9 Å². The standard InChI is InChI=1S/C25H28ClF2N5O3/c1-2-36-25(35)18(14-29-10-9-27)12-20(31-24(34)23-15-30-33-32-23)11-16-3-5-17(6-4-16)21-13-19(26)7-8-22(21)28/h3-8,13,15,18,20,29H,2,9-12,14H2,1H3,(H,31,34)(H,30,32,33). The molecule has 0 bridgehead atoms. The molecule has 0 aliphatic rings. The van der Waals surface area contributed by atoms with E-state index in [0.717, 1.165) is 5.56 Å². The number of ether oxygens (including phenoxy) is 1. The molecular formula is C25H28ClF2N5O3. The third-order valence-electron chi connectivity index (χ3n) is 5.51. The van der Waals surface area contributed by atoms with E-state index in [1.165, 1.54) is 18.3 Å². The van der Waals surface area contributed by atoms with Crippen molar-refractivity contribution in [3.8, 4) is 11.1 Å². The van der Waals surface area contributed by atoms with Gasteiger partial charge in [0, 0.05) is 29.7 Å². The Morgan fingerprint density at radius 1 is 1.19 bits per heavy atom. The van der Waals surface area contributed by atoms with Crippen molar-refractivity contribution in [2.45, 2.75) is 25.8 Å². The molecule has 2 aromatic carbocycles. The Kier molecular flexibility index (Phi) is 10.3. The average molecular weight is 520 g/mol. The second-order valence-electron chi connectivity index (χ2n) is 8.13. The number of nitrogens with zero attached hydrogens (tertiary/aromatic N) is 2. The minimum absolute atomic E-state index is 0.105. The molecule has 3 N–H and O–H groups in total. The summed E-state index contributed by atoms with van der Waals surface area (Å²) in [6, 6.07) is 11.1. The first-order chi connectivity index (χ1) is 17.4. The molecule has 0 saturated heterocycles. The summed E-state index contributed by atoms with van der Waals surface area (Å²) in [5.41, 5.74) is 1.99. The Morgan fingerprint density at radius 3 is 2.64 bits per heavy atom. The lowest BCUT2D eigenvalue weighted by atomic mass is 9.93. The molecule has 0 radical (unpaired) electrons. The van der Waals surface area contributed by atoms with Crippen LogP contribution in [0.5, 0.6) is 0 Å². The molecule has 0 spiro atoms. The highest BCUT2D eigenvalue weighted by Gasteiger charge is 2.26. The number of halogens is 3. The number of rotatable bonds is 13. The van der Waals surface area contributed by atoms with E-state index in [0.29, 0.717) is 22.6 Å². The molecule has 36 heavy (non-hydrogen) atoms. The largest absolute Gasteiger partial charge is 0.466 e. The van der Waals surface area contributed by atoms with Gasteiger partial charge in [-0.15, -0.1) is 0 Å². The summed E-state index contributed by atoms with van der Waals surface area (Å²) in [5, 5.41) is 16.1. The van der Waals surface area contributed by atoms with E-state index in [1.807, 2.05) is 12.1 Å². The van der Waals surface area contributed by atoms with Crippen molar-refractivity contribution in [2.75, 3.05) is 26.4 Å². The van der Waals surface area contributed by atoms with Crippen molar-refractivity contribution < 1.29 is 23.1 Å². The molecule has 2 unspecified atom stereocenters. The average Bonchev–Trinajstić information content (AvgIpc) is 3.41. The molecule has 0 fully saturated rings. The van der Waals surface area contributed by atoms with Gasteiger partial charge in [-0.25, -0.2) is 8.78 Å². The van der Waals surface area contributed by atoms with Crippen LogP contribution in [0.25, 0.3) is 11.1 Å². The van der Waals surface area contributed by atoms with E-state index in [4.69, 9.17) is 16.3 Å². The van der Waals surface area contributed by atoms with E-state index < -0.39 is 30.5 Å². The van der Waals surface area contributed by atoms with Gasteiger partial charge in [0.1, 0.15) is 12.5 Å². The molecule has 11 heteroatoms. The number of H-pyrrole nitrogens is 1. The van der Waals surface area contributed by atoms with Gasteiger partial charge in [-0.05, 0) is 49.1 Å². The number of aromatic amines is 1. The Labute approximate surface area is 212 Å². The molecule has 1 amide bonds. The maximum absolute atomic E-state index is 14.3. The van der Waals surface area contributed by atoms with Gasteiger partial charge in [0.2, 0.25) is 0 Å². The second kappa shape index (κ2) is 13.6. The zero-order chi connectivity index (χ0) is 25.9. The number of esters is 1. The lowest BCUT2D eigenvalue weighted by Gasteiger charge is -2.24. The minimum atomic E-state index is -0.612. The van der Waals surface area contributed by atoms with E-state index >= 15 is 0 Å². The Hall–Kier alpha value is -3.37. The van der Waals surface area contributed by atoms with Crippen molar-refractivity contribution in [3.05, 3.63) is 70.8 Å². The molecule has 192 valence electrons. The molecule has 3 aromatic rings. The quantitative estimate of drug-likeness (QED) is 0.234. The normalized spacial score (nSPS) is 12.7. The van der Waals surface area contributed by atoms with Crippen LogP contribution in [-0.2, 0) is 16.0 Å². The number of carbonyl (C=O) groups is 2. The van der Waals surface area contributed by atoms with Crippen LogP contribution < -0.4 is 10.6 Å². The smallest absolute Gasteiger partial charge is 0.310 e. The fraction of sp³-hybridized carbons (Fsp3) is 0.360. The van der Waals surface area contributed by atoms with Crippen LogP contribution >= 0.6 is 11.6 Å². The number of amides is 1. The Bertz CT molecular complexity index is 1130. The van der Waals surface area contributed by atoms with Crippen molar-refractivity contribution in [1.82, 2.24) is 26.0 Å². The van der Waals surface area contributed by atoms with Crippen LogP contribution in [0.4, 0.5) is 8.78 Å². The molecule has 1 heterocycles. The Morgan fingerprint density at radius 2 is 1.97 bits per heavy atom. The fourth-order valence-electron chi connectivity index (χ4n) is 3.80. The monoisotopic (exact) mass is 519 g/mol. The van der Waals surface area contributed by atoms with Crippen molar-refractivity contribution >= 4 is 23.5 Å². The van der Waals surface area contributed by atoms with Crippen LogP contribution in [0, 0.1) is 11.7 Å². The van der Waals surface area contributed by atoms with Gasteiger partial charge >= 0.3 is 5.97 Å². The fourth-order valence-corrected chi connectivity index (χ4v) is 3.97. The van der Waals surface area contributed by atoms with Crippen LogP contribution in [0.1, 0.15) is 29.4 Å². The molecule has 8 nitrogen and oxygen atoms in total. The molecule has 0 aliphatic heterocycles. The summed E-state index contributed by atoms with van der Waals surface area (Å²) < 4.78 is 32.0. The molecule has 0 aliphatic carbocycles. The van der Waals surface area contributed by atoms with Gasteiger partial charge in [0.25, 0.3) is 5.91 Å². The topological polar surface area (TPSA) is 109 Å². The first kappa shape index (κ1) is 27.2. The van der Waals surface area contributed by atoms with Crippen molar-refractivity contribution in [1.29, 1.82) is 0 Å². The number of nitrogens with one attached hydrogen (secondary N) is 3. The highest BCUT2D eigenvalue weighted by molar-refractivity contribution is 6.30. The van der Waals surface area contributed by atoms with Gasteiger partial charge in [0.05, 0.1) is 18.7 Å². The number of hydrogen-bond acceptors (Lipinski definition) is 6. The number of hydrogen-bond donors (Lipinski definition) is 3. The van der Waals surface area contributed by atoms with Crippen molar-refractivity contribution in [2.24, 2.45) is 5.92 Å². The summed E-state index contributed by atoms with van der Waals surface area (Å²) in [4.78, 5) is 25.2. The number of alkyl halides is 1. The summed E-state index contributed by atoms with van der Waals surface area (Å²) in [6.07, 6.45) is 1.92. The zero-order valence-corrected chi connectivity index (χ0v) is 20.5. The van der Waals surface area contributed by atoms with Gasteiger partial charge in [-0.2, -0.15) is 15.4 Å². The zero-order valence-electron chi connectivity index (χ0n) is 19.8. The lowest BCUT2D eigenvalue weighted by molar-refractivity contribution is -0.148. The van der Waals surface area contributed by atoms with E-state index in [-0.39, 0.29) is 37.6 Å². The third-order valence-corrected chi connectivity index (χ3v) is 5.74. The van der Waals surface area contributed by atoms with E-state index in [2.05, 4.69) is 26.0 Å². The third kappa shape index (κ3) is 7.82. The van der Waals surface area contributed by atoms with Crippen LogP contribution in [0.2, 0.25) is 5.02 Å². The Balaban J connectivity index is 1.79. The minimum Gasteiger partial charge on any atom is -0.466 e. The van der Waals surface area contributed by atoms with E-state index in [9.17, 15) is 18.4 Å². The number of aromatic nitrogens is 3. The molecular weight excluding hydrogens is 492 g/mol. The summed E-state index contributed by atoms with van der Waals surface area (Å²) in [6.45, 7) is 1.65. The SMILES string of the molecule is CCOC(=O)C(CNCCF)CC(Cc1ccc(-c2cc(Cl)ccc2F)cc1)NC(=O)c1cn[nH]n1. The van der Waals surface area contributed by atoms with Crippen LogP contribution in [0.3, 0.4) is 0 Å². The highest BCUT2D eigenvalue weighted by atomic mass is 35.5. The maximum Gasteiger partial charge on any atom is 0.310 e. The first-order valence-electron chi connectivity index (χ1n) is 11.6. The predicted molar refractivity (Wildman–Crippen MR) is 132 cm³/mol. The summed E-state index contributed by atoms with van der Waals surface area (Å²) >= 11 is 6.02. The molecule has 3 rings (SSSR count). The van der Waals surface area contributed by atoms with Crippen LogP contribution in [-0.4, -0.2) is 59.7 Å². The van der Waals surface area contributed by atoms with Gasteiger partial charge in [0.15, 0.2) is 5.69 Å². The van der Waals surface area contributed by atoms with Gasteiger partial charge < -0.3 is 15.4 Å². The molecule has 1 aromatic heterocycles. The second-order valence-corrected chi connectivity index (χ2v) is 8.57. The highest BCUT2D eigenvalue weighted by Crippen LogP contribution is 2.27. The van der Waals surface area contributed by atoms with Crippen molar-refractivity contribution in [3.63, 3.8) is 0 Å². The number of carbonyl (C=O) groups excluding carboxylic acids is 2. The van der Waals surface area contributed by atoms with Gasteiger partial charge in [-0.3, -0.25) is 9.59 Å². The maximum atomic E-state index is 14.3. The van der Waals surface area contributed by atoms with E-state index in [1.54, 1.807) is 25.1 Å². The summed E-state index contributed by atoms with van der Waals surface area (Å²) in [5.74, 6) is -1.89. The predicted octanol–water partition coefficient (Wildman–Crippen LogP) is 3.73. The molecule has 0 saturated carbocycles. The summed E-state index contributed by atoms with van der Waals surface area (Å²) in [7, 11) is 0. The lowest BCUT2D eigenvalue weighted by Crippen LogP contribution is -2.42. The first-order valence-corrected chi connectivity index (χ1v) is 11.9.